The number of nitrogens with one attached hydrogen (secondary N) is 2. The third-order valence-corrected chi connectivity index (χ3v) is 5.39. The van der Waals surface area contributed by atoms with E-state index in [1.807, 2.05) is 6.92 Å². The van der Waals surface area contributed by atoms with E-state index in [9.17, 15) is 4.79 Å². The Hall–Kier alpha value is -0.360. The highest BCUT2D eigenvalue weighted by molar-refractivity contribution is 7.11. The monoisotopic (exact) mass is 351 g/mol. The molecule has 1 aromatic rings. The Bertz CT molecular complexity index is 453. The predicted octanol–water partition coefficient (Wildman–Crippen LogP) is 2.34. The van der Waals surface area contributed by atoms with E-state index < -0.39 is 0 Å². The van der Waals surface area contributed by atoms with Gasteiger partial charge in [0.05, 0.1) is 12.2 Å². The van der Waals surface area contributed by atoms with Gasteiger partial charge in [-0.15, -0.1) is 36.2 Å². The smallest absolute Gasteiger partial charge is 0.223 e. The highest BCUT2D eigenvalue weighted by atomic mass is 35.5. The van der Waals surface area contributed by atoms with Gasteiger partial charge < -0.3 is 10.6 Å². The molecule has 0 saturated carbocycles. The molecule has 1 aliphatic heterocycles. The molecule has 0 bridgehead atoms. The molecule has 0 radical (unpaired) electrons. The van der Waals surface area contributed by atoms with Crippen LogP contribution < -0.4 is 10.6 Å². The van der Waals surface area contributed by atoms with Crippen molar-refractivity contribution in [2.24, 2.45) is 11.8 Å². The summed E-state index contributed by atoms with van der Waals surface area (Å²) in [6, 6.07) is 0. The lowest BCUT2D eigenvalue weighted by Crippen LogP contribution is -2.49. The lowest BCUT2D eigenvalue weighted by atomic mass is 9.88. The minimum atomic E-state index is 0. The van der Waals surface area contributed by atoms with Crippen molar-refractivity contribution in [1.82, 2.24) is 15.6 Å². The van der Waals surface area contributed by atoms with Crippen molar-refractivity contribution in [2.45, 2.75) is 39.2 Å². The Labute approximate surface area is 142 Å². The normalized spacial score (nSPS) is 18.5. The van der Waals surface area contributed by atoms with Gasteiger partial charge in [0, 0.05) is 10.8 Å². The zero-order valence-electron chi connectivity index (χ0n) is 12.2. The number of carbonyl (C=O) groups excluding carboxylic acids is 1. The van der Waals surface area contributed by atoms with Crippen molar-refractivity contribution in [1.29, 1.82) is 0 Å². The summed E-state index contributed by atoms with van der Waals surface area (Å²) < 4.78 is 0. The van der Waals surface area contributed by atoms with Crippen LogP contribution in [0.5, 0.6) is 0 Å². The average Bonchev–Trinajstić information content (AvgIpc) is 2.76. The number of aryl methyl sites for hydroxylation is 2. The van der Waals surface area contributed by atoms with E-state index in [4.69, 9.17) is 0 Å². The van der Waals surface area contributed by atoms with E-state index in [0.29, 0.717) is 12.5 Å². The summed E-state index contributed by atoms with van der Waals surface area (Å²) in [6.07, 6.45) is 4.83. The molecule has 2 heterocycles. The van der Waals surface area contributed by atoms with Gasteiger partial charge in [0.2, 0.25) is 5.91 Å². The van der Waals surface area contributed by atoms with Gasteiger partial charge in [-0.05, 0) is 44.7 Å². The van der Waals surface area contributed by atoms with Gasteiger partial charge in [-0.1, -0.05) is 6.92 Å². The number of fused-ring (bicyclic) bond motifs is 1. The molecular formula is C14H23Cl2N3OS. The molecule has 1 atom stereocenters. The third kappa shape index (κ3) is 4.31. The van der Waals surface area contributed by atoms with Crippen molar-refractivity contribution in [3.8, 4) is 0 Å². The summed E-state index contributed by atoms with van der Waals surface area (Å²) in [4.78, 5) is 18.1. The maximum Gasteiger partial charge on any atom is 0.223 e. The molecular weight excluding hydrogens is 329 g/mol. The molecule has 120 valence electrons. The Balaban J connectivity index is 0.00000110. The largest absolute Gasteiger partial charge is 0.349 e. The molecule has 2 N–H and O–H groups in total. The van der Waals surface area contributed by atoms with Crippen molar-refractivity contribution in [3.05, 3.63) is 15.6 Å². The van der Waals surface area contributed by atoms with E-state index in [-0.39, 0.29) is 36.6 Å². The maximum atomic E-state index is 12.0. The van der Waals surface area contributed by atoms with Crippen LogP contribution in [0.1, 0.15) is 35.3 Å². The second-order valence-electron chi connectivity index (χ2n) is 5.61. The zero-order valence-corrected chi connectivity index (χ0v) is 14.6. The minimum Gasteiger partial charge on any atom is -0.349 e. The second-order valence-corrected chi connectivity index (χ2v) is 6.78. The molecule has 3 rings (SSSR count). The molecule has 4 nitrogen and oxygen atoms in total. The van der Waals surface area contributed by atoms with Gasteiger partial charge in [-0.25, -0.2) is 4.98 Å². The molecule has 2 aliphatic rings. The number of thiazole rings is 1. The number of hydrogen-bond donors (Lipinski definition) is 2. The molecule has 1 amide bonds. The lowest BCUT2D eigenvalue weighted by molar-refractivity contribution is -0.126. The molecule has 1 fully saturated rings. The summed E-state index contributed by atoms with van der Waals surface area (Å²) in [5, 5.41) is 7.32. The van der Waals surface area contributed by atoms with Gasteiger partial charge >= 0.3 is 0 Å². The Morgan fingerprint density at radius 3 is 2.71 bits per heavy atom. The van der Waals surface area contributed by atoms with Gasteiger partial charge in [-0.2, -0.15) is 0 Å². The molecule has 21 heavy (non-hydrogen) atoms. The van der Waals surface area contributed by atoms with Crippen LogP contribution in [-0.4, -0.2) is 24.0 Å². The Morgan fingerprint density at radius 2 is 2.10 bits per heavy atom. The highest BCUT2D eigenvalue weighted by Crippen LogP contribution is 2.26. The molecule has 1 unspecified atom stereocenters. The fourth-order valence-corrected chi connectivity index (χ4v) is 3.78. The van der Waals surface area contributed by atoms with Crippen molar-refractivity contribution >= 4 is 42.1 Å². The van der Waals surface area contributed by atoms with E-state index in [1.54, 1.807) is 11.3 Å². The minimum absolute atomic E-state index is 0. The number of amides is 1. The number of rotatable bonds is 4. The first kappa shape index (κ1) is 18.7. The Kier molecular flexibility index (Phi) is 7.40. The average molecular weight is 352 g/mol. The van der Waals surface area contributed by atoms with Crippen LogP contribution in [-0.2, 0) is 24.2 Å². The van der Waals surface area contributed by atoms with Crippen LogP contribution in [0.2, 0.25) is 0 Å². The highest BCUT2D eigenvalue weighted by Gasteiger charge is 2.28. The van der Waals surface area contributed by atoms with Gasteiger partial charge in [-0.3, -0.25) is 4.79 Å². The van der Waals surface area contributed by atoms with Crippen molar-refractivity contribution in [2.75, 3.05) is 13.1 Å². The standard InChI is InChI=1S/C14H21N3OS.2ClH/c1-9(10-6-15-7-10)14(18)16-8-13-17-11-4-2-3-5-12(11)19-13;;/h9-10,15H,2-8H2,1H3,(H,16,18);2*1H. The fourth-order valence-electron chi connectivity index (χ4n) is 2.68. The number of carbonyl (C=O) groups is 1. The summed E-state index contributed by atoms with van der Waals surface area (Å²) in [5.41, 5.74) is 1.27. The van der Waals surface area contributed by atoms with Crippen LogP contribution in [0.15, 0.2) is 0 Å². The molecule has 0 aromatic carbocycles. The molecule has 1 saturated heterocycles. The van der Waals surface area contributed by atoms with Gasteiger partial charge in [0.1, 0.15) is 5.01 Å². The van der Waals surface area contributed by atoms with E-state index in [0.717, 1.165) is 24.5 Å². The zero-order chi connectivity index (χ0) is 13.2. The maximum absolute atomic E-state index is 12.0. The summed E-state index contributed by atoms with van der Waals surface area (Å²) >= 11 is 1.78. The van der Waals surface area contributed by atoms with Crippen LogP contribution >= 0.6 is 36.2 Å². The number of halogens is 2. The first-order chi connectivity index (χ1) is 9.24. The molecule has 0 spiro atoms. The van der Waals surface area contributed by atoms with Crippen molar-refractivity contribution < 1.29 is 4.79 Å². The van der Waals surface area contributed by atoms with E-state index in [2.05, 4.69) is 15.6 Å². The molecule has 1 aromatic heterocycles. The predicted molar refractivity (Wildman–Crippen MR) is 90.6 cm³/mol. The summed E-state index contributed by atoms with van der Waals surface area (Å²) in [7, 11) is 0. The van der Waals surface area contributed by atoms with Crippen molar-refractivity contribution in [3.63, 3.8) is 0 Å². The summed E-state index contributed by atoms with van der Waals surface area (Å²) in [6.45, 7) is 4.56. The van der Waals surface area contributed by atoms with Crippen LogP contribution in [0, 0.1) is 11.8 Å². The molecule has 7 heteroatoms. The first-order valence-corrected chi connectivity index (χ1v) is 8.01. The van der Waals surface area contributed by atoms with E-state index >= 15 is 0 Å². The van der Waals surface area contributed by atoms with Crippen LogP contribution in [0.3, 0.4) is 0 Å². The second kappa shape index (κ2) is 8.32. The van der Waals surface area contributed by atoms with Crippen LogP contribution in [0.4, 0.5) is 0 Å². The SMILES string of the molecule is CC(C(=O)NCc1nc2c(s1)CCCC2)C1CNC1.Cl.Cl. The first-order valence-electron chi connectivity index (χ1n) is 7.20. The van der Waals surface area contributed by atoms with E-state index in [1.165, 1.54) is 29.8 Å². The topological polar surface area (TPSA) is 54.0 Å². The van der Waals surface area contributed by atoms with Gasteiger partial charge in [0.25, 0.3) is 0 Å². The lowest BCUT2D eigenvalue weighted by Gasteiger charge is -2.31. The third-order valence-electron chi connectivity index (χ3n) is 4.24. The number of nitrogens with zero attached hydrogens (tertiary/aromatic N) is 1. The molecule has 1 aliphatic carbocycles. The van der Waals surface area contributed by atoms with Crippen LogP contribution in [0.25, 0.3) is 0 Å². The number of hydrogen-bond acceptors (Lipinski definition) is 4. The summed E-state index contributed by atoms with van der Waals surface area (Å²) in [5.74, 6) is 0.778. The Morgan fingerprint density at radius 1 is 1.38 bits per heavy atom. The van der Waals surface area contributed by atoms with Gasteiger partial charge in [0.15, 0.2) is 0 Å². The number of aromatic nitrogens is 1. The quantitative estimate of drug-likeness (QED) is 0.875. The fraction of sp³-hybridized carbons (Fsp3) is 0.714.